The monoisotopic (exact) mass is 241 g/mol. The molecule has 0 saturated carbocycles. The van der Waals surface area contributed by atoms with Crippen molar-refractivity contribution in [2.24, 2.45) is 5.92 Å². The summed E-state index contributed by atoms with van der Waals surface area (Å²) >= 11 is 0. The summed E-state index contributed by atoms with van der Waals surface area (Å²) in [6, 6.07) is -0.732. The van der Waals surface area contributed by atoms with E-state index in [9.17, 15) is 14.4 Å². The van der Waals surface area contributed by atoms with Crippen LogP contribution in [0, 0.1) is 5.92 Å². The van der Waals surface area contributed by atoms with Crippen molar-refractivity contribution in [3.8, 4) is 0 Å². The molecule has 7 nitrogen and oxygen atoms in total. The number of nitrogens with one attached hydrogen (secondary N) is 1. The van der Waals surface area contributed by atoms with E-state index >= 15 is 0 Å². The summed E-state index contributed by atoms with van der Waals surface area (Å²) in [5.41, 5.74) is 0. The van der Waals surface area contributed by atoms with Crippen molar-refractivity contribution in [3.63, 3.8) is 0 Å². The predicted molar refractivity (Wildman–Crippen MR) is 57.3 cm³/mol. The van der Waals surface area contributed by atoms with E-state index in [1.807, 2.05) is 0 Å². The van der Waals surface area contributed by atoms with E-state index < -0.39 is 17.9 Å². The Kier molecular flexibility index (Phi) is 2.91. The van der Waals surface area contributed by atoms with E-state index in [-0.39, 0.29) is 25.0 Å². The van der Waals surface area contributed by atoms with Gasteiger partial charge in [-0.25, -0.2) is 4.79 Å². The molecule has 3 amide bonds. The molecule has 2 aliphatic heterocycles. The lowest BCUT2D eigenvalue weighted by molar-refractivity contribution is -0.146. The van der Waals surface area contributed by atoms with E-state index in [2.05, 4.69) is 5.32 Å². The number of hydrogen-bond acceptors (Lipinski definition) is 3. The molecule has 0 aromatic rings. The standard InChI is InChI=1S/C10H15N3O4/c1-6-8(14)11-2-3-13(6)10(17)12-4-7(5-12)9(15)16/h6-7H,2-5H2,1H3,(H,11,14)(H,15,16). The Hall–Kier alpha value is -1.79. The fourth-order valence-corrected chi connectivity index (χ4v) is 2.02. The minimum atomic E-state index is -0.876. The van der Waals surface area contributed by atoms with Crippen LogP contribution < -0.4 is 5.32 Å². The highest BCUT2D eigenvalue weighted by molar-refractivity contribution is 5.88. The molecular weight excluding hydrogens is 226 g/mol. The zero-order valence-corrected chi connectivity index (χ0v) is 9.55. The van der Waals surface area contributed by atoms with E-state index in [4.69, 9.17) is 5.11 Å². The molecule has 7 heteroatoms. The molecule has 0 spiro atoms. The van der Waals surface area contributed by atoms with Gasteiger partial charge >= 0.3 is 12.0 Å². The van der Waals surface area contributed by atoms with Crippen molar-refractivity contribution in [2.45, 2.75) is 13.0 Å². The molecule has 2 saturated heterocycles. The van der Waals surface area contributed by atoms with Gasteiger partial charge in [0.15, 0.2) is 0 Å². The maximum absolute atomic E-state index is 12.0. The second kappa shape index (κ2) is 4.23. The molecule has 17 heavy (non-hydrogen) atoms. The Morgan fingerprint density at radius 2 is 2.06 bits per heavy atom. The number of carboxylic acid groups (broad SMARTS) is 1. The fraction of sp³-hybridized carbons (Fsp3) is 0.700. The van der Waals surface area contributed by atoms with E-state index in [1.165, 1.54) is 9.80 Å². The number of hydrogen-bond donors (Lipinski definition) is 2. The molecule has 2 heterocycles. The number of urea groups is 1. The number of likely N-dealkylation sites (tertiary alicyclic amines) is 1. The number of carbonyl (C=O) groups excluding carboxylic acids is 2. The van der Waals surface area contributed by atoms with Gasteiger partial charge in [-0.3, -0.25) is 9.59 Å². The van der Waals surface area contributed by atoms with Crippen LogP contribution in [0.1, 0.15) is 6.92 Å². The summed E-state index contributed by atoms with van der Waals surface area (Å²) in [7, 11) is 0. The minimum Gasteiger partial charge on any atom is -0.481 e. The topological polar surface area (TPSA) is 90.0 Å². The molecule has 0 aliphatic carbocycles. The lowest BCUT2D eigenvalue weighted by Crippen LogP contribution is -2.63. The molecule has 2 aliphatic rings. The van der Waals surface area contributed by atoms with Gasteiger partial charge in [-0.05, 0) is 6.92 Å². The van der Waals surface area contributed by atoms with Crippen LogP contribution in [0.25, 0.3) is 0 Å². The van der Waals surface area contributed by atoms with Crippen LogP contribution in [-0.4, -0.2) is 65.0 Å². The Balaban J connectivity index is 1.93. The molecule has 2 N–H and O–H groups in total. The zero-order valence-electron chi connectivity index (χ0n) is 9.55. The quantitative estimate of drug-likeness (QED) is 0.612. The Morgan fingerprint density at radius 1 is 1.41 bits per heavy atom. The van der Waals surface area contributed by atoms with Gasteiger partial charge in [0, 0.05) is 26.2 Å². The van der Waals surface area contributed by atoms with Gasteiger partial charge in [0.05, 0.1) is 5.92 Å². The lowest BCUT2D eigenvalue weighted by Gasteiger charge is -2.42. The third-order valence-corrected chi connectivity index (χ3v) is 3.25. The highest BCUT2D eigenvalue weighted by Gasteiger charge is 2.40. The number of carboxylic acids is 1. The zero-order chi connectivity index (χ0) is 12.6. The number of amides is 3. The summed E-state index contributed by atoms with van der Waals surface area (Å²) in [6.07, 6.45) is 0. The largest absolute Gasteiger partial charge is 0.481 e. The van der Waals surface area contributed by atoms with Crippen LogP contribution in [-0.2, 0) is 9.59 Å². The molecule has 1 unspecified atom stereocenters. The van der Waals surface area contributed by atoms with Crippen molar-refractivity contribution >= 4 is 17.9 Å². The van der Waals surface area contributed by atoms with E-state index in [0.29, 0.717) is 13.1 Å². The highest BCUT2D eigenvalue weighted by Crippen LogP contribution is 2.19. The average molecular weight is 241 g/mol. The normalized spacial score (nSPS) is 25.2. The molecule has 1 atom stereocenters. The van der Waals surface area contributed by atoms with Crippen molar-refractivity contribution in [1.29, 1.82) is 0 Å². The third-order valence-electron chi connectivity index (χ3n) is 3.25. The molecule has 94 valence electrons. The van der Waals surface area contributed by atoms with E-state index in [0.717, 1.165) is 0 Å². The van der Waals surface area contributed by atoms with Gasteiger partial charge in [-0.15, -0.1) is 0 Å². The molecule has 2 fully saturated rings. The molecule has 0 radical (unpaired) electrons. The average Bonchev–Trinajstić information content (AvgIpc) is 2.19. The molecule has 0 bridgehead atoms. The van der Waals surface area contributed by atoms with Crippen molar-refractivity contribution in [2.75, 3.05) is 26.2 Å². The van der Waals surface area contributed by atoms with Gasteiger partial charge in [0.25, 0.3) is 0 Å². The highest BCUT2D eigenvalue weighted by atomic mass is 16.4. The first-order valence-electron chi connectivity index (χ1n) is 5.56. The summed E-state index contributed by atoms with van der Waals surface area (Å²) in [5, 5.41) is 11.4. The van der Waals surface area contributed by atoms with Crippen LogP contribution in [0.15, 0.2) is 0 Å². The Morgan fingerprint density at radius 3 is 2.65 bits per heavy atom. The van der Waals surface area contributed by atoms with Gasteiger partial charge < -0.3 is 20.2 Å². The number of carbonyl (C=O) groups is 3. The summed E-state index contributed by atoms with van der Waals surface area (Å²) in [5.74, 6) is -1.51. The first kappa shape index (κ1) is 11.7. The molecule has 2 rings (SSSR count). The summed E-state index contributed by atoms with van der Waals surface area (Å²) in [6.45, 7) is 3.06. The summed E-state index contributed by atoms with van der Waals surface area (Å²) < 4.78 is 0. The number of piperazine rings is 1. The predicted octanol–water partition coefficient (Wildman–Crippen LogP) is -1.06. The SMILES string of the molecule is CC1C(=O)NCCN1C(=O)N1CC(C(=O)O)C1. The second-order valence-electron chi connectivity index (χ2n) is 4.38. The van der Waals surface area contributed by atoms with Crippen LogP contribution in [0.4, 0.5) is 4.79 Å². The van der Waals surface area contributed by atoms with Gasteiger partial charge in [-0.1, -0.05) is 0 Å². The molecular formula is C10H15N3O4. The van der Waals surface area contributed by atoms with Gasteiger partial charge in [0.1, 0.15) is 6.04 Å². The smallest absolute Gasteiger partial charge is 0.320 e. The minimum absolute atomic E-state index is 0.167. The van der Waals surface area contributed by atoms with Crippen LogP contribution in [0.2, 0.25) is 0 Å². The maximum Gasteiger partial charge on any atom is 0.320 e. The number of aliphatic carboxylic acids is 1. The van der Waals surface area contributed by atoms with Crippen molar-refractivity contribution < 1.29 is 19.5 Å². The van der Waals surface area contributed by atoms with Crippen LogP contribution in [0.3, 0.4) is 0 Å². The van der Waals surface area contributed by atoms with Crippen molar-refractivity contribution in [1.82, 2.24) is 15.1 Å². The Bertz CT molecular complexity index is 365. The lowest BCUT2D eigenvalue weighted by atomic mass is 10.0. The fourth-order valence-electron chi connectivity index (χ4n) is 2.02. The number of nitrogens with zero attached hydrogens (tertiary/aromatic N) is 2. The first-order valence-corrected chi connectivity index (χ1v) is 5.56. The van der Waals surface area contributed by atoms with E-state index in [1.54, 1.807) is 6.92 Å². The van der Waals surface area contributed by atoms with Gasteiger partial charge in [-0.2, -0.15) is 0 Å². The van der Waals surface area contributed by atoms with Crippen LogP contribution >= 0.6 is 0 Å². The second-order valence-corrected chi connectivity index (χ2v) is 4.38. The summed E-state index contributed by atoms with van der Waals surface area (Å²) in [4.78, 5) is 37.0. The van der Waals surface area contributed by atoms with Crippen LogP contribution in [0.5, 0.6) is 0 Å². The van der Waals surface area contributed by atoms with Gasteiger partial charge in [0.2, 0.25) is 5.91 Å². The molecule has 0 aromatic carbocycles. The third kappa shape index (κ3) is 2.04. The number of rotatable bonds is 1. The first-order chi connectivity index (χ1) is 8.00. The Labute approximate surface area is 98.4 Å². The van der Waals surface area contributed by atoms with Crippen molar-refractivity contribution in [3.05, 3.63) is 0 Å². The molecule has 0 aromatic heterocycles. The maximum atomic E-state index is 12.0.